The van der Waals surface area contributed by atoms with Crippen molar-refractivity contribution in [1.29, 1.82) is 0 Å². The van der Waals surface area contributed by atoms with Gasteiger partial charge in [-0.2, -0.15) is 0 Å². The zero-order valence-corrected chi connectivity index (χ0v) is 27.2. The van der Waals surface area contributed by atoms with Crippen LogP contribution in [0, 0.1) is 12.0 Å². The van der Waals surface area contributed by atoms with Crippen molar-refractivity contribution in [2.45, 2.75) is 154 Å². The Balaban J connectivity index is 1.51. The summed E-state index contributed by atoms with van der Waals surface area (Å²) in [5, 5.41) is 0. The molecule has 0 saturated carbocycles. The number of cyclic esters (lactones) is 1. The van der Waals surface area contributed by atoms with E-state index in [4.69, 9.17) is 9.16 Å². The Kier molecular flexibility index (Phi) is 18.9. The second-order valence-electron chi connectivity index (χ2n) is 11.9. The van der Waals surface area contributed by atoms with Gasteiger partial charge < -0.3 is 9.16 Å². The van der Waals surface area contributed by atoms with Gasteiger partial charge >= 0.3 is 6.09 Å². The molecule has 0 aromatic heterocycles. The Labute approximate surface area is 248 Å². The number of carbonyl (C=O) groups is 1. The lowest BCUT2D eigenvalue weighted by Crippen LogP contribution is -2.38. The molecule has 0 N–H and O–H groups in total. The van der Waals surface area contributed by atoms with E-state index in [9.17, 15) is 4.79 Å². The van der Waals surface area contributed by atoms with Crippen LogP contribution in [-0.2, 0) is 15.6 Å². The monoisotopic (exact) mass is 569 g/mol. The van der Waals surface area contributed by atoms with E-state index in [1.165, 1.54) is 114 Å². The van der Waals surface area contributed by atoms with Gasteiger partial charge in [-0.25, -0.2) is 9.69 Å². The van der Waals surface area contributed by atoms with Crippen LogP contribution in [0.5, 0.6) is 0 Å². The number of unbranched alkanes of at least 4 members (excludes halogenated alkanes) is 12. The van der Waals surface area contributed by atoms with Gasteiger partial charge in [-0.1, -0.05) is 140 Å². The molecule has 0 spiro atoms. The van der Waals surface area contributed by atoms with E-state index in [0.717, 1.165) is 25.9 Å². The molecule has 0 bridgehead atoms. The minimum atomic E-state index is -1.52. The highest BCUT2D eigenvalue weighted by atomic mass is 28.4. The minimum absolute atomic E-state index is 0.0155. The van der Waals surface area contributed by atoms with Gasteiger partial charge in [0.2, 0.25) is 0 Å². The van der Waals surface area contributed by atoms with E-state index in [2.05, 4.69) is 44.9 Å². The van der Waals surface area contributed by atoms with Crippen molar-refractivity contribution in [1.82, 2.24) is 4.90 Å². The molecule has 1 amide bonds. The molecular weight excluding hydrogens is 510 g/mol. The molecule has 1 saturated heterocycles. The lowest BCUT2D eigenvalue weighted by molar-refractivity contribution is 0.167. The quantitative estimate of drug-likeness (QED) is 0.0747. The van der Waals surface area contributed by atoms with Crippen molar-refractivity contribution in [2.24, 2.45) is 0 Å². The molecule has 0 radical (unpaired) electrons. The van der Waals surface area contributed by atoms with Gasteiger partial charge in [0, 0.05) is 19.1 Å². The summed E-state index contributed by atoms with van der Waals surface area (Å²) in [7, 11) is -1.52. The number of rotatable bonds is 23. The summed E-state index contributed by atoms with van der Waals surface area (Å²) in [6.45, 7) is 8.40. The predicted molar refractivity (Wildman–Crippen MR) is 172 cm³/mol. The van der Waals surface area contributed by atoms with Gasteiger partial charge in [0.15, 0.2) is 8.32 Å². The maximum atomic E-state index is 12.1. The van der Waals surface area contributed by atoms with Crippen LogP contribution < -0.4 is 0 Å². The molecule has 1 heterocycles. The zero-order chi connectivity index (χ0) is 28.7. The van der Waals surface area contributed by atoms with Gasteiger partial charge in [-0.05, 0) is 43.0 Å². The number of ether oxygens (including phenoxy) is 1. The van der Waals surface area contributed by atoms with Crippen LogP contribution >= 0.6 is 0 Å². The summed E-state index contributed by atoms with van der Waals surface area (Å²) in [6.07, 6.45) is 20.8. The number of hydrogen-bond acceptors (Lipinski definition) is 3. The van der Waals surface area contributed by atoms with Crippen molar-refractivity contribution in [3.05, 3.63) is 35.9 Å². The van der Waals surface area contributed by atoms with Crippen LogP contribution in [0.1, 0.15) is 129 Å². The van der Waals surface area contributed by atoms with E-state index in [1.807, 2.05) is 18.2 Å². The van der Waals surface area contributed by atoms with Crippen molar-refractivity contribution in [2.75, 3.05) is 13.2 Å². The van der Waals surface area contributed by atoms with Gasteiger partial charge in [-0.3, -0.25) is 0 Å². The average Bonchev–Trinajstić information content (AvgIpc) is 3.32. The highest BCUT2D eigenvalue weighted by Crippen LogP contribution is 2.30. The molecule has 4 nitrogen and oxygen atoms in total. The van der Waals surface area contributed by atoms with Crippen molar-refractivity contribution in [3.8, 4) is 12.0 Å². The molecule has 1 fully saturated rings. The SMILES string of the molecule is CCCC[Si](CCCC)(CCCC)OCCCCCCCCCCCC#CN1C(=O)OC[C@H]1Cc1ccccc1. The minimum Gasteiger partial charge on any atom is -0.446 e. The fourth-order valence-corrected chi connectivity index (χ4v) is 10.5. The van der Waals surface area contributed by atoms with E-state index >= 15 is 0 Å². The molecular formula is C35H59NO3Si. The predicted octanol–water partition coefficient (Wildman–Crippen LogP) is 10.3. The molecule has 1 aliphatic heterocycles. The summed E-state index contributed by atoms with van der Waals surface area (Å²) in [6, 6.07) is 17.5. The lowest BCUT2D eigenvalue weighted by Gasteiger charge is -2.32. The number of amides is 1. The summed E-state index contributed by atoms with van der Waals surface area (Å²) in [4.78, 5) is 13.7. The second kappa shape index (κ2) is 21.9. The standard InChI is InChI=1S/C35H59NO3Si/c1-4-7-28-40(29-8-5-2,30-9-6-3)39-27-23-18-16-14-12-10-11-13-15-17-22-26-36-34(32-38-35(36)37)31-33-24-20-19-21-25-33/h19-21,24-25,34H,4-18,23,27-32H2,1-3H3/t34-/m1/s1. The number of carbonyl (C=O) groups excluding carboxylic acids is 1. The van der Waals surface area contributed by atoms with Gasteiger partial charge in [0.1, 0.15) is 6.61 Å². The smallest absolute Gasteiger partial charge is 0.422 e. The third-order valence-electron chi connectivity index (χ3n) is 8.29. The normalized spacial score (nSPS) is 15.2. The molecule has 0 unspecified atom stereocenters. The molecule has 5 heteroatoms. The molecule has 226 valence electrons. The summed E-state index contributed by atoms with van der Waals surface area (Å²) in [5.41, 5.74) is 1.21. The first-order valence-corrected chi connectivity index (χ1v) is 19.3. The van der Waals surface area contributed by atoms with Gasteiger partial charge in [-0.15, -0.1) is 0 Å². The third-order valence-corrected chi connectivity index (χ3v) is 12.9. The maximum Gasteiger partial charge on any atom is 0.422 e. The summed E-state index contributed by atoms with van der Waals surface area (Å²) in [5.74, 6) is 3.21. The highest BCUT2D eigenvalue weighted by molar-refractivity contribution is 6.73. The van der Waals surface area contributed by atoms with Crippen LogP contribution in [0.2, 0.25) is 18.1 Å². The Hall–Kier alpha value is -1.77. The first-order chi connectivity index (χ1) is 19.6. The topological polar surface area (TPSA) is 38.8 Å². The van der Waals surface area contributed by atoms with E-state index in [0.29, 0.717) is 6.61 Å². The zero-order valence-electron chi connectivity index (χ0n) is 26.2. The summed E-state index contributed by atoms with van der Waals surface area (Å²) >= 11 is 0. The Morgan fingerprint density at radius 3 is 1.93 bits per heavy atom. The van der Waals surface area contributed by atoms with Crippen LogP contribution in [0.25, 0.3) is 0 Å². The maximum absolute atomic E-state index is 12.1. The van der Waals surface area contributed by atoms with Crippen LogP contribution in [0.3, 0.4) is 0 Å². The summed E-state index contributed by atoms with van der Waals surface area (Å²) < 4.78 is 12.0. The van der Waals surface area contributed by atoms with E-state index in [-0.39, 0.29) is 12.1 Å². The first-order valence-electron chi connectivity index (χ1n) is 16.8. The Morgan fingerprint density at radius 1 is 0.800 bits per heavy atom. The van der Waals surface area contributed by atoms with E-state index in [1.54, 1.807) is 4.90 Å². The largest absolute Gasteiger partial charge is 0.446 e. The third kappa shape index (κ3) is 14.2. The molecule has 2 rings (SSSR count). The van der Waals surface area contributed by atoms with Gasteiger partial charge in [0.25, 0.3) is 0 Å². The van der Waals surface area contributed by atoms with Crippen molar-refractivity contribution < 1.29 is 14.0 Å². The number of benzene rings is 1. The van der Waals surface area contributed by atoms with E-state index < -0.39 is 8.32 Å². The van der Waals surface area contributed by atoms with Crippen molar-refractivity contribution >= 4 is 14.4 Å². The molecule has 40 heavy (non-hydrogen) atoms. The second-order valence-corrected chi connectivity index (χ2v) is 16.0. The van der Waals surface area contributed by atoms with Crippen molar-refractivity contribution in [3.63, 3.8) is 0 Å². The van der Waals surface area contributed by atoms with Gasteiger partial charge in [0.05, 0.1) is 6.04 Å². The highest BCUT2D eigenvalue weighted by Gasteiger charge is 2.33. The Morgan fingerprint density at radius 2 is 1.35 bits per heavy atom. The molecule has 1 aromatic carbocycles. The average molecular weight is 570 g/mol. The van der Waals surface area contributed by atoms with Crippen LogP contribution in [0.4, 0.5) is 4.79 Å². The Bertz CT molecular complexity index is 812. The number of hydrogen-bond donors (Lipinski definition) is 0. The molecule has 1 atom stereocenters. The first kappa shape index (κ1) is 34.4. The van der Waals surface area contributed by atoms with Crippen LogP contribution in [-0.4, -0.2) is 38.6 Å². The lowest BCUT2D eigenvalue weighted by atomic mass is 10.1. The number of nitrogens with zero attached hydrogens (tertiary/aromatic N) is 1. The fourth-order valence-electron chi connectivity index (χ4n) is 5.70. The molecule has 1 aliphatic rings. The molecule has 1 aromatic rings. The fraction of sp³-hybridized carbons (Fsp3) is 0.743. The van der Waals surface area contributed by atoms with Crippen LogP contribution in [0.15, 0.2) is 30.3 Å². The molecule has 0 aliphatic carbocycles.